The largest absolute Gasteiger partial charge is 0.339 e. The van der Waals surface area contributed by atoms with E-state index in [4.69, 9.17) is 0 Å². The van der Waals surface area contributed by atoms with Crippen LogP contribution in [0.25, 0.3) is 0 Å². The van der Waals surface area contributed by atoms with Crippen molar-refractivity contribution < 1.29 is 4.79 Å². The Balaban J connectivity index is 0.00000127. The number of hydrogen-bond donors (Lipinski definition) is 1. The Hall–Kier alpha value is -0.650. The van der Waals surface area contributed by atoms with Crippen molar-refractivity contribution in [1.82, 2.24) is 20.0 Å². The minimum Gasteiger partial charge on any atom is -0.339 e. The van der Waals surface area contributed by atoms with Gasteiger partial charge in [0.25, 0.3) is 0 Å². The molecule has 1 amide bonds. The van der Waals surface area contributed by atoms with Gasteiger partial charge >= 0.3 is 0 Å². The van der Waals surface area contributed by atoms with Crippen molar-refractivity contribution in [2.45, 2.75) is 41.0 Å². The molecule has 5 nitrogen and oxygen atoms in total. The zero-order valence-corrected chi connectivity index (χ0v) is 16.0. The molecule has 0 unspecified atom stereocenters. The Morgan fingerprint density at radius 2 is 1.43 bits per heavy atom. The van der Waals surface area contributed by atoms with E-state index in [2.05, 4.69) is 35.9 Å². The molecule has 0 atom stereocenters. The molecule has 0 aromatic rings. The van der Waals surface area contributed by atoms with Crippen LogP contribution in [0.3, 0.4) is 0 Å². The van der Waals surface area contributed by atoms with Gasteiger partial charge < -0.3 is 15.1 Å². The van der Waals surface area contributed by atoms with Crippen molar-refractivity contribution in [1.29, 1.82) is 0 Å². The van der Waals surface area contributed by atoms with Gasteiger partial charge in [-0.3, -0.25) is 9.69 Å². The van der Waals surface area contributed by atoms with Gasteiger partial charge in [-0.2, -0.15) is 0 Å². The summed E-state index contributed by atoms with van der Waals surface area (Å²) in [7, 11) is 0. The van der Waals surface area contributed by atoms with Gasteiger partial charge in [-0.25, -0.2) is 0 Å². The fourth-order valence-electron chi connectivity index (χ4n) is 2.87. The van der Waals surface area contributed by atoms with Crippen molar-refractivity contribution in [3.8, 4) is 0 Å². The first-order chi connectivity index (χ1) is 10.9. The van der Waals surface area contributed by atoms with E-state index in [1.807, 2.05) is 18.7 Å². The number of hydrogen-bond acceptors (Lipinski definition) is 4. The van der Waals surface area contributed by atoms with Gasteiger partial charge in [0.2, 0.25) is 5.91 Å². The fraction of sp³-hybridized carbons (Fsp3) is 0.944. The van der Waals surface area contributed by atoms with Crippen LogP contribution in [0.1, 0.15) is 41.0 Å². The summed E-state index contributed by atoms with van der Waals surface area (Å²) in [5.74, 6) is 0.305. The second kappa shape index (κ2) is 10.3. The van der Waals surface area contributed by atoms with Gasteiger partial charge in [-0.1, -0.05) is 34.6 Å². The van der Waals surface area contributed by atoms with Crippen molar-refractivity contribution in [3.63, 3.8) is 0 Å². The molecule has 0 aromatic carbocycles. The predicted octanol–water partition coefficient (Wildman–Crippen LogP) is 1.50. The zero-order chi connectivity index (χ0) is 17.3. The predicted molar refractivity (Wildman–Crippen MR) is 97.7 cm³/mol. The van der Waals surface area contributed by atoms with Crippen molar-refractivity contribution >= 4 is 5.91 Å². The Labute approximate surface area is 143 Å². The van der Waals surface area contributed by atoms with Crippen molar-refractivity contribution in [2.75, 3.05) is 65.4 Å². The molecular weight excluding hydrogens is 288 g/mol. The molecule has 0 aromatic heterocycles. The number of nitrogens with zero attached hydrogens (tertiary/aromatic N) is 3. The molecule has 0 saturated carbocycles. The summed E-state index contributed by atoms with van der Waals surface area (Å²) in [6, 6.07) is 0. The number of amides is 1. The minimum absolute atomic E-state index is 0.305. The standard InChI is InChI=1S/C16H32N4O.C2H6/c1-16(2,3)4-7-18-10-12-19(13-11-18)14-15(21)20-8-5-17-6-9-20;1-2/h17H,4-14H2,1-3H3;1-2H3. The third-order valence-electron chi connectivity index (χ3n) is 4.47. The van der Waals surface area contributed by atoms with Crippen LogP contribution in [0.2, 0.25) is 0 Å². The Morgan fingerprint density at radius 3 is 1.96 bits per heavy atom. The lowest BCUT2D eigenvalue weighted by molar-refractivity contribution is -0.133. The van der Waals surface area contributed by atoms with Crippen LogP contribution in [0.4, 0.5) is 0 Å². The average Bonchev–Trinajstić information content (AvgIpc) is 2.56. The second-order valence-electron chi connectivity index (χ2n) is 7.56. The molecule has 2 aliphatic heterocycles. The van der Waals surface area contributed by atoms with Gasteiger partial charge in [0, 0.05) is 52.4 Å². The first-order valence-electron chi connectivity index (χ1n) is 9.37. The third-order valence-corrected chi connectivity index (χ3v) is 4.47. The van der Waals surface area contributed by atoms with Gasteiger partial charge in [0.1, 0.15) is 0 Å². The summed E-state index contributed by atoms with van der Waals surface area (Å²) in [4.78, 5) is 19.1. The Morgan fingerprint density at radius 1 is 0.913 bits per heavy atom. The Kier molecular flexibility index (Phi) is 9.10. The van der Waals surface area contributed by atoms with Crippen molar-refractivity contribution in [3.05, 3.63) is 0 Å². The molecule has 0 radical (unpaired) electrons. The first-order valence-corrected chi connectivity index (χ1v) is 9.37. The third kappa shape index (κ3) is 8.13. The number of carbonyl (C=O) groups excluding carboxylic acids is 1. The highest BCUT2D eigenvalue weighted by atomic mass is 16.2. The van der Waals surface area contributed by atoms with Crippen LogP contribution >= 0.6 is 0 Å². The summed E-state index contributed by atoms with van der Waals surface area (Å²) >= 11 is 0. The fourth-order valence-corrected chi connectivity index (χ4v) is 2.87. The molecule has 0 spiro atoms. The van der Waals surface area contributed by atoms with Crippen LogP contribution < -0.4 is 5.32 Å². The molecule has 2 heterocycles. The van der Waals surface area contributed by atoms with E-state index in [1.165, 1.54) is 13.0 Å². The normalized spacial score (nSPS) is 20.8. The lowest BCUT2D eigenvalue weighted by Crippen LogP contribution is -2.53. The molecule has 2 rings (SSSR count). The lowest BCUT2D eigenvalue weighted by Gasteiger charge is -2.37. The van der Waals surface area contributed by atoms with E-state index >= 15 is 0 Å². The van der Waals surface area contributed by atoms with Crippen LogP contribution in [-0.2, 0) is 4.79 Å². The highest BCUT2D eigenvalue weighted by molar-refractivity contribution is 5.78. The molecular formula is C18H38N4O. The van der Waals surface area contributed by atoms with Gasteiger partial charge in [-0.05, 0) is 18.4 Å². The van der Waals surface area contributed by atoms with Crippen molar-refractivity contribution in [2.24, 2.45) is 5.41 Å². The zero-order valence-electron chi connectivity index (χ0n) is 16.0. The van der Waals surface area contributed by atoms with E-state index < -0.39 is 0 Å². The molecule has 5 heteroatoms. The number of rotatable bonds is 4. The molecule has 2 saturated heterocycles. The molecule has 0 aliphatic carbocycles. The maximum atomic E-state index is 12.2. The monoisotopic (exact) mass is 326 g/mol. The molecule has 136 valence electrons. The smallest absolute Gasteiger partial charge is 0.236 e. The Bertz CT molecular complexity index is 326. The molecule has 0 bridgehead atoms. The molecule has 2 fully saturated rings. The highest BCUT2D eigenvalue weighted by Gasteiger charge is 2.23. The van der Waals surface area contributed by atoms with Gasteiger partial charge in [-0.15, -0.1) is 0 Å². The van der Waals surface area contributed by atoms with E-state index in [0.717, 1.165) is 52.4 Å². The van der Waals surface area contributed by atoms with Gasteiger partial charge in [0.05, 0.1) is 6.54 Å². The van der Waals surface area contributed by atoms with Crippen LogP contribution in [0, 0.1) is 5.41 Å². The van der Waals surface area contributed by atoms with E-state index in [1.54, 1.807) is 0 Å². The number of carbonyl (C=O) groups is 1. The maximum Gasteiger partial charge on any atom is 0.236 e. The summed E-state index contributed by atoms with van der Waals surface area (Å²) in [6.45, 7) is 20.6. The molecule has 1 N–H and O–H groups in total. The van der Waals surface area contributed by atoms with Crippen LogP contribution in [-0.4, -0.2) is 86.1 Å². The van der Waals surface area contributed by atoms with Gasteiger partial charge in [0.15, 0.2) is 0 Å². The second-order valence-corrected chi connectivity index (χ2v) is 7.56. The summed E-state index contributed by atoms with van der Waals surface area (Å²) < 4.78 is 0. The molecule has 23 heavy (non-hydrogen) atoms. The number of piperazine rings is 2. The SMILES string of the molecule is CC.CC(C)(C)CCN1CCN(CC(=O)N2CCNCC2)CC1. The minimum atomic E-state index is 0.305. The first kappa shape index (κ1) is 20.4. The van der Waals surface area contributed by atoms with E-state index in [-0.39, 0.29) is 0 Å². The lowest BCUT2D eigenvalue weighted by atomic mass is 9.92. The quantitative estimate of drug-likeness (QED) is 0.850. The highest BCUT2D eigenvalue weighted by Crippen LogP contribution is 2.19. The maximum absolute atomic E-state index is 12.2. The summed E-state index contributed by atoms with van der Waals surface area (Å²) in [5, 5.41) is 3.29. The summed E-state index contributed by atoms with van der Waals surface area (Å²) in [5.41, 5.74) is 0.412. The van der Waals surface area contributed by atoms with E-state index in [9.17, 15) is 4.79 Å². The van der Waals surface area contributed by atoms with Crippen LogP contribution in [0.15, 0.2) is 0 Å². The topological polar surface area (TPSA) is 38.8 Å². The number of nitrogens with one attached hydrogen (secondary N) is 1. The van der Waals surface area contributed by atoms with E-state index in [0.29, 0.717) is 17.9 Å². The average molecular weight is 327 g/mol. The van der Waals surface area contributed by atoms with Crippen LogP contribution in [0.5, 0.6) is 0 Å². The summed E-state index contributed by atoms with van der Waals surface area (Å²) in [6.07, 6.45) is 1.24. The molecule has 2 aliphatic rings.